The number of hydrogen-bond donors (Lipinski definition) is 0. The van der Waals surface area contributed by atoms with Gasteiger partial charge in [0, 0.05) is 6.08 Å². The Morgan fingerprint density at radius 1 is 0.897 bits per heavy atom. The van der Waals surface area contributed by atoms with Gasteiger partial charge in [-0.15, -0.1) is 0 Å². The van der Waals surface area contributed by atoms with Crippen LogP contribution in [-0.2, 0) is 4.74 Å². The van der Waals surface area contributed by atoms with Crippen molar-refractivity contribution in [2.45, 2.75) is 19.8 Å². The Kier molecular flexibility index (Phi) is 7.96. The lowest BCUT2D eigenvalue weighted by molar-refractivity contribution is 0.325. The van der Waals surface area contributed by atoms with E-state index >= 15 is 0 Å². The smallest absolute Gasteiger partial charge is 0.148 e. The van der Waals surface area contributed by atoms with Gasteiger partial charge in [0.15, 0.2) is 0 Å². The van der Waals surface area contributed by atoms with Gasteiger partial charge in [-0.1, -0.05) is 42.5 Å². The van der Waals surface area contributed by atoms with Gasteiger partial charge < -0.3 is 14.2 Å². The molecule has 0 bridgehead atoms. The third-order valence-electron chi connectivity index (χ3n) is 4.02. The molecule has 0 aromatic heterocycles. The molecule has 0 aliphatic heterocycles. The average Bonchev–Trinajstić information content (AvgIpc) is 2.78. The van der Waals surface area contributed by atoms with Crippen molar-refractivity contribution in [3.8, 4) is 11.5 Å². The van der Waals surface area contributed by atoms with Gasteiger partial charge in [0.05, 0.1) is 6.26 Å². The van der Waals surface area contributed by atoms with Crippen LogP contribution in [0.25, 0.3) is 0 Å². The summed E-state index contributed by atoms with van der Waals surface area (Å²) in [6.45, 7) is 1.92. The maximum atomic E-state index is 6.09. The molecule has 3 rings (SSSR count). The largest absolute Gasteiger partial charge is 0.465 e. The second-order valence-electron chi connectivity index (χ2n) is 6.17. The van der Waals surface area contributed by atoms with Gasteiger partial charge in [0.25, 0.3) is 0 Å². The summed E-state index contributed by atoms with van der Waals surface area (Å²) in [4.78, 5) is 0. The average molecular weight is 451 g/mol. The minimum atomic E-state index is 0.570. The zero-order valence-corrected chi connectivity index (χ0v) is 17.8. The number of ether oxygens (including phenoxy) is 3. The van der Waals surface area contributed by atoms with Crippen LogP contribution in [0.1, 0.15) is 19.8 Å². The van der Waals surface area contributed by atoms with E-state index in [4.69, 9.17) is 14.2 Å². The quantitative estimate of drug-likeness (QED) is 0.309. The predicted molar refractivity (Wildman–Crippen MR) is 121 cm³/mol. The fourth-order valence-corrected chi connectivity index (χ4v) is 3.11. The Labute approximate surface area is 180 Å². The van der Waals surface area contributed by atoms with E-state index in [2.05, 4.69) is 28.1 Å². The first-order valence-corrected chi connectivity index (χ1v) is 10.3. The summed E-state index contributed by atoms with van der Waals surface area (Å²) in [5, 5.41) is 0. The molecule has 3 nitrogen and oxygen atoms in total. The van der Waals surface area contributed by atoms with E-state index in [1.165, 1.54) is 0 Å². The molecule has 0 heterocycles. The van der Waals surface area contributed by atoms with Crippen LogP contribution in [-0.4, -0.2) is 0 Å². The molecule has 29 heavy (non-hydrogen) atoms. The molecule has 4 heteroatoms. The summed E-state index contributed by atoms with van der Waals surface area (Å²) >= 11 is 3.64. The van der Waals surface area contributed by atoms with E-state index in [1.54, 1.807) is 12.3 Å². The van der Waals surface area contributed by atoms with Gasteiger partial charge in [-0.05, 0) is 78.2 Å². The summed E-state index contributed by atoms with van der Waals surface area (Å²) < 4.78 is 18.5. The Morgan fingerprint density at radius 2 is 1.59 bits per heavy atom. The molecule has 0 saturated carbocycles. The lowest BCUT2D eigenvalue weighted by Crippen LogP contribution is -2.01. The Balaban J connectivity index is 1.84. The highest BCUT2D eigenvalue weighted by molar-refractivity contribution is 9.12. The second kappa shape index (κ2) is 11.1. The van der Waals surface area contributed by atoms with Crippen LogP contribution in [0.5, 0.6) is 11.5 Å². The van der Waals surface area contributed by atoms with E-state index in [0.29, 0.717) is 16.0 Å². The molecule has 0 saturated heterocycles. The minimum Gasteiger partial charge on any atom is -0.465 e. The monoisotopic (exact) mass is 450 g/mol. The molecule has 0 N–H and O–H groups in total. The van der Waals surface area contributed by atoms with E-state index in [1.807, 2.05) is 79.7 Å². The number of rotatable bonds is 8. The highest BCUT2D eigenvalue weighted by Gasteiger charge is 2.13. The van der Waals surface area contributed by atoms with Crippen LogP contribution in [0.4, 0.5) is 0 Å². The molecule has 148 valence electrons. The lowest BCUT2D eigenvalue weighted by atomic mass is 10.2. The topological polar surface area (TPSA) is 27.7 Å². The van der Waals surface area contributed by atoms with Crippen molar-refractivity contribution in [3.05, 3.63) is 119 Å². The summed E-state index contributed by atoms with van der Waals surface area (Å²) in [5.74, 6) is 3.53. The molecule has 0 atom stereocenters. The van der Waals surface area contributed by atoms with Gasteiger partial charge >= 0.3 is 0 Å². The standard InChI is InChI=1S/C25H23BrO3/c1-2-23(28-21-14-8-4-9-15-21)25(26)24(29-22-16-10-5-11-17-22)18-19-27-20-12-6-3-7-13-20/h2-3,5-8,10-19H,4,9H2,1H3/b19-18+,23-2+,25-24-. The molecule has 2 aromatic carbocycles. The van der Waals surface area contributed by atoms with Gasteiger partial charge in [-0.25, -0.2) is 0 Å². The van der Waals surface area contributed by atoms with Gasteiger partial charge in [0.2, 0.25) is 0 Å². The van der Waals surface area contributed by atoms with Crippen LogP contribution in [0.3, 0.4) is 0 Å². The summed E-state index contributed by atoms with van der Waals surface area (Å²) in [5.41, 5.74) is 0. The van der Waals surface area contributed by atoms with Crippen molar-refractivity contribution >= 4 is 15.9 Å². The summed E-state index contributed by atoms with van der Waals surface area (Å²) in [6, 6.07) is 19.2. The molecule has 2 aromatic rings. The number of halogens is 1. The molecule has 0 fully saturated rings. The van der Waals surface area contributed by atoms with Gasteiger partial charge in [-0.2, -0.15) is 0 Å². The summed E-state index contributed by atoms with van der Waals surface area (Å²) in [7, 11) is 0. The van der Waals surface area contributed by atoms with Crippen molar-refractivity contribution in [1.29, 1.82) is 0 Å². The van der Waals surface area contributed by atoms with Crippen LogP contribution in [0.15, 0.2) is 119 Å². The van der Waals surface area contributed by atoms with Crippen LogP contribution < -0.4 is 9.47 Å². The number of allylic oxidation sites excluding steroid dienone is 6. The predicted octanol–water partition coefficient (Wildman–Crippen LogP) is 7.42. The normalized spacial score (nSPS) is 15.0. The maximum Gasteiger partial charge on any atom is 0.148 e. The first-order valence-electron chi connectivity index (χ1n) is 9.48. The van der Waals surface area contributed by atoms with Crippen LogP contribution in [0, 0.1) is 0 Å². The molecular formula is C25H23BrO3. The molecule has 1 aliphatic rings. The number of para-hydroxylation sites is 2. The maximum absolute atomic E-state index is 6.09. The van der Waals surface area contributed by atoms with E-state index in [-0.39, 0.29) is 0 Å². The molecule has 0 amide bonds. The molecule has 0 unspecified atom stereocenters. The zero-order chi connectivity index (χ0) is 20.3. The van der Waals surface area contributed by atoms with Crippen molar-refractivity contribution in [2.24, 2.45) is 0 Å². The SMILES string of the molecule is C\C=C(OC1=CCCC=C1)/C(Br)=C(\C=C\Oc1ccccc1)Oc1ccccc1. The fraction of sp³-hybridized carbons (Fsp3) is 0.120. The van der Waals surface area contributed by atoms with E-state index in [9.17, 15) is 0 Å². The number of benzene rings is 2. The molecule has 1 aliphatic carbocycles. The van der Waals surface area contributed by atoms with Crippen LogP contribution in [0.2, 0.25) is 0 Å². The van der Waals surface area contributed by atoms with Gasteiger partial charge in [-0.3, -0.25) is 0 Å². The Morgan fingerprint density at radius 3 is 2.21 bits per heavy atom. The zero-order valence-electron chi connectivity index (χ0n) is 16.3. The third-order valence-corrected chi connectivity index (χ3v) is 4.80. The first kappa shape index (κ1) is 20.7. The Bertz CT molecular complexity index is 939. The van der Waals surface area contributed by atoms with Crippen molar-refractivity contribution in [3.63, 3.8) is 0 Å². The highest BCUT2D eigenvalue weighted by Crippen LogP contribution is 2.29. The van der Waals surface area contributed by atoms with Crippen molar-refractivity contribution in [2.75, 3.05) is 0 Å². The highest BCUT2D eigenvalue weighted by atomic mass is 79.9. The first-order chi connectivity index (χ1) is 14.3. The van der Waals surface area contributed by atoms with Crippen LogP contribution >= 0.6 is 15.9 Å². The molecule has 0 spiro atoms. The fourth-order valence-electron chi connectivity index (χ4n) is 2.58. The van der Waals surface area contributed by atoms with Gasteiger partial charge in [0.1, 0.15) is 33.3 Å². The molecular weight excluding hydrogens is 428 g/mol. The third kappa shape index (κ3) is 6.54. The second-order valence-corrected chi connectivity index (χ2v) is 6.96. The number of hydrogen-bond acceptors (Lipinski definition) is 3. The van der Waals surface area contributed by atoms with Crippen molar-refractivity contribution in [1.82, 2.24) is 0 Å². The lowest BCUT2D eigenvalue weighted by Gasteiger charge is -2.15. The molecule has 0 radical (unpaired) electrons. The minimum absolute atomic E-state index is 0.570. The summed E-state index contributed by atoms with van der Waals surface area (Å²) in [6.07, 6.45) is 13.4. The van der Waals surface area contributed by atoms with Crippen molar-refractivity contribution < 1.29 is 14.2 Å². The van der Waals surface area contributed by atoms with E-state index in [0.717, 1.165) is 30.1 Å². The Hall–Kier alpha value is -2.98. The van der Waals surface area contributed by atoms with E-state index < -0.39 is 0 Å².